The van der Waals surface area contributed by atoms with Crippen molar-refractivity contribution < 1.29 is 16.4 Å². The number of anilines is 1. The Morgan fingerprint density at radius 3 is 3.29 bits per heavy atom. The second kappa shape index (κ2) is 4.26. The van der Waals surface area contributed by atoms with Crippen LogP contribution < -0.4 is 4.90 Å². The Morgan fingerprint density at radius 2 is 2.57 bits per heavy atom. The molecule has 1 aromatic heterocycles. The van der Waals surface area contributed by atoms with E-state index in [0.29, 0.717) is 0 Å². The molecule has 1 fully saturated rings. The van der Waals surface area contributed by atoms with E-state index in [1.165, 1.54) is 6.07 Å². The predicted octanol–water partition coefficient (Wildman–Crippen LogP) is 2.62. The lowest BCUT2D eigenvalue weighted by atomic mass is 10.0. The standard InChI is InChI=1S/C10H14BrN3/c1-8-4-2-3-7-14(8)10-6-5-9(11)12-13-10/h5-6,8H,2-4,7H2,1H3/i1D3,2D2,3D2,4D2,7D2,8D. The van der Waals surface area contributed by atoms with Gasteiger partial charge in [0.2, 0.25) is 0 Å². The first-order chi connectivity index (χ1) is 11.4. The number of hydrogen-bond acceptors (Lipinski definition) is 3. The van der Waals surface area contributed by atoms with Crippen LogP contribution in [0.3, 0.4) is 0 Å². The monoisotopic (exact) mass is 267 g/mol. The number of halogens is 1. The van der Waals surface area contributed by atoms with Gasteiger partial charge in [0.1, 0.15) is 4.60 Å². The number of aromatic nitrogens is 2. The molecule has 4 heteroatoms. The van der Waals surface area contributed by atoms with Gasteiger partial charge in [-0.2, -0.15) is 0 Å². The van der Waals surface area contributed by atoms with E-state index < -0.39 is 44.3 Å². The second-order valence-corrected chi connectivity index (χ2v) is 3.20. The van der Waals surface area contributed by atoms with Crippen molar-refractivity contribution in [2.24, 2.45) is 0 Å². The smallest absolute Gasteiger partial charge is 0.151 e. The van der Waals surface area contributed by atoms with E-state index in [-0.39, 0.29) is 9.50 Å². The molecule has 2 rings (SSSR count). The van der Waals surface area contributed by atoms with Gasteiger partial charge in [0.05, 0.1) is 1.37 Å². The van der Waals surface area contributed by atoms with Crippen molar-refractivity contribution in [1.29, 1.82) is 0 Å². The van der Waals surface area contributed by atoms with E-state index in [0.717, 1.165) is 6.07 Å². The molecule has 0 N–H and O–H groups in total. The number of piperidine rings is 1. The quantitative estimate of drug-likeness (QED) is 0.784. The number of rotatable bonds is 1. The van der Waals surface area contributed by atoms with Crippen molar-refractivity contribution in [2.45, 2.75) is 32.0 Å². The van der Waals surface area contributed by atoms with Crippen molar-refractivity contribution in [3.05, 3.63) is 16.7 Å². The molecule has 1 aliphatic rings. The molecule has 0 aliphatic carbocycles. The summed E-state index contributed by atoms with van der Waals surface area (Å²) in [6.07, 6.45) is -10.8. The molecule has 76 valence electrons. The summed E-state index contributed by atoms with van der Waals surface area (Å²) in [6.45, 7) is -7.01. The topological polar surface area (TPSA) is 29.0 Å². The maximum absolute atomic E-state index is 8.37. The molecule has 0 saturated carbocycles. The molecular weight excluding hydrogens is 242 g/mol. The lowest BCUT2D eigenvalue weighted by Crippen LogP contribution is -2.38. The highest BCUT2D eigenvalue weighted by Gasteiger charge is 2.19. The molecule has 0 amide bonds. The molecule has 1 aliphatic heterocycles. The summed E-state index contributed by atoms with van der Waals surface area (Å²) in [5.41, 5.74) is 0. The van der Waals surface area contributed by atoms with Gasteiger partial charge in [0.15, 0.2) is 5.82 Å². The van der Waals surface area contributed by atoms with Crippen LogP contribution in [0.1, 0.15) is 42.4 Å². The van der Waals surface area contributed by atoms with Crippen molar-refractivity contribution in [2.75, 3.05) is 11.4 Å². The third-order valence-corrected chi connectivity index (χ3v) is 1.90. The first-order valence-corrected chi connectivity index (χ1v) is 4.46. The first kappa shape index (κ1) is 2.94. The van der Waals surface area contributed by atoms with Crippen LogP contribution >= 0.6 is 15.9 Å². The van der Waals surface area contributed by atoms with Gasteiger partial charge in [0.25, 0.3) is 0 Å². The van der Waals surface area contributed by atoms with E-state index in [4.69, 9.17) is 16.4 Å². The summed E-state index contributed by atoms with van der Waals surface area (Å²) in [5.74, 6) is -0.618. The van der Waals surface area contributed by atoms with Crippen LogP contribution in [0.2, 0.25) is 0 Å². The molecule has 0 radical (unpaired) electrons. The van der Waals surface area contributed by atoms with Crippen LogP contribution in [-0.2, 0) is 0 Å². The molecule has 0 aromatic carbocycles. The minimum absolute atomic E-state index is 0.0216. The van der Waals surface area contributed by atoms with Gasteiger partial charge >= 0.3 is 0 Å². The van der Waals surface area contributed by atoms with Gasteiger partial charge in [-0.05, 0) is 54.0 Å². The summed E-state index contributed by atoms with van der Waals surface area (Å²) in [5, 5.41) is 7.10. The van der Waals surface area contributed by atoms with E-state index >= 15 is 0 Å². The average molecular weight is 268 g/mol. The fourth-order valence-electron chi connectivity index (χ4n) is 0.886. The van der Waals surface area contributed by atoms with Crippen LogP contribution in [0, 0.1) is 0 Å². The lowest BCUT2D eigenvalue weighted by molar-refractivity contribution is 0.479. The van der Waals surface area contributed by atoms with Crippen molar-refractivity contribution in [3.8, 4) is 0 Å². The highest BCUT2D eigenvalue weighted by Crippen LogP contribution is 2.22. The molecule has 0 bridgehead atoms. The number of nitrogens with zero attached hydrogens (tertiary/aromatic N) is 3. The Bertz CT molecular complexity index is 702. The maximum Gasteiger partial charge on any atom is 0.151 e. The van der Waals surface area contributed by atoms with Crippen LogP contribution in [0.25, 0.3) is 0 Å². The summed E-state index contributed by atoms with van der Waals surface area (Å²) in [6, 6.07) is -1.27. The second-order valence-electron chi connectivity index (χ2n) is 2.39. The summed E-state index contributed by atoms with van der Waals surface area (Å²) < 4.78 is 95.2. The van der Waals surface area contributed by atoms with Crippen LogP contribution in [0.5, 0.6) is 0 Å². The zero-order valence-corrected chi connectivity index (χ0v) is 8.46. The Kier molecular flexibility index (Phi) is 0.893. The fourth-order valence-corrected chi connectivity index (χ4v) is 1.10. The minimum Gasteiger partial charge on any atom is -0.352 e. The zero-order valence-electron chi connectivity index (χ0n) is 18.9. The molecule has 0 spiro atoms. The fraction of sp³-hybridized carbons (Fsp3) is 0.600. The summed E-state index contributed by atoms with van der Waals surface area (Å²) in [7, 11) is 0. The third-order valence-electron chi connectivity index (χ3n) is 1.48. The average Bonchev–Trinajstić information content (AvgIpc) is 2.46. The van der Waals surface area contributed by atoms with E-state index in [1.807, 2.05) is 0 Å². The van der Waals surface area contributed by atoms with Gasteiger partial charge < -0.3 is 4.90 Å². The van der Waals surface area contributed by atoms with Gasteiger partial charge in [-0.3, -0.25) is 0 Å². The molecule has 1 aromatic rings. The van der Waals surface area contributed by atoms with Crippen LogP contribution in [0.15, 0.2) is 16.7 Å². The maximum atomic E-state index is 8.37. The van der Waals surface area contributed by atoms with Gasteiger partial charge in [-0.25, -0.2) is 0 Å². The van der Waals surface area contributed by atoms with Crippen LogP contribution in [-0.4, -0.2) is 22.7 Å². The van der Waals surface area contributed by atoms with E-state index in [2.05, 4.69) is 26.1 Å². The highest BCUT2D eigenvalue weighted by atomic mass is 79.9. The highest BCUT2D eigenvalue weighted by molar-refractivity contribution is 9.10. The molecule has 1 atom stereocenters. The van der Waals surface area contributed by atoms with E-state index in [1.54, 1.807) is 0 Å². The van der Waals surface area contributed by atoms with Crippen molar-refractivity contribution in [1.82, 2.24) is 10.2 Å². The molecule has 3 nitrogen and oxygen atoms in total. The Balaban J connectivity index is 2.94. The van der Waals surface area contributed by atoms with Crippen molar-refractivity contribution >= 4 is 21.7 Å². The summed E-state index contributed by atoms with van der Waals surface area (Å²) in [4.78, 5) is 0.0216. The minimum atomic E-state index is -3.66. The van der Waals surface area contributed by atoms with Crippen molar-refractivity contribution in [3.63, 3.8) is 0 Å². The molecule has 14 heavy (non-hydrogen) atoms. The van der Waals surface area contributed by atoms with Gasteiger partial charge in [-0.15, -0.1) is 10.2 Å². The molecular formula is C10H14BrN3. The molecule has 2 heterocycles. The Labute approximate surface area is 110 Å². The summed E-state index contributed by atoms with van der Waals surface area (Å²) >= 11 is 2.98. The zero-order chi connectivity index (χ0) is 20.6. The Morgan fingerprint density at radius 1 is 1.64 bits per heavy atom. The van der Waals surface area contributed by atoms with Gasteiger partial charge in [0, 0.05) is 27.6 Å². The first-order valence-electron chi connectivity index (χ1n) is 9.67. The predicted molar refractivity (Wildman–Crippen MR) is 60.4 cm³/mol. The molecule has 1 saturated heterocycles. The Hall–Kier alpha value is -0.640. The lowest BCUT2D eigenvalue weighted by Gasteiger charge is -2.33. The van der Waals surface area contributed by atoms with E-state index in [9.17, 15) is 0 Å². The largest absolute Gasteiger partial charge is 0.352 e. The number of hydrogen-bond donors (Lipinski definition) is 0. The molecule has 1 unspecified atom stereocenters. The third kappa shape index (κ3) is 2.05. The SMILES string of the molecule is [2H]C([2H])([2H])C1([2H])N(c2ccc(Br)nn2)C([2H])([2H])C([2H])([2H])C([2H])([2H])C1([2H])[2H]. The normalized spacial score (nSPS) is 55.6. The van der Waals surface area contributed by atoms with Crippen LogP contribution in [0.4, 0.5) is 5.82 Å². The van der Waals surface area contributed by atoms with Gasteiger partial charge in [-0.1, -0.05) is 0 Å².